The number of ether oxygens (including phenoxy) is 1. The van der Waals surface area contributed by atoms with E-state index in [1.165, 1.54) is 0 Å². The van der Waals surface area contributed by atoms with Gasteiger partial charge in [0.05, 0.1) is 12.2 Å². The van der Waals surface area contributed by atoms with Crippen LogP contribution in [0.2, 0.25) is 0 Å². The lowest BCUT2D eigenvalue weighted by Crippen LogP contribution is -2.56. The van der Waals surface area contributed by atoms with E-state index in [4.69, 9.17) is 4.74 Å². The van der Waals surface area contributed by atoms with Crippen molar-refractivity contribution >= 4 is 24.8 Å². The Bertz CT molecular complexity index is 94.8. The Kier molecular flexibility index (Phi) is 5.38. The quantitative estimate of drug-likeness (QED) is 0.569. The molecule has 0 aliphatic carbocycles. The number of hydrogen-bond acceptors (Lipinski definition) is 3. The molecule has 5 heteroatoms. The Morgan fingerprint density at radius 2 is 1.18 bits per heavy atom. The first-order valence-electron chi connectivity index (χ1n) is 3.52. The average Bonchev–Trinajstić information content (AvgIpc) is 1.88. The third-order valence-corrected chi connectivity index (χ3v) is 1.87. The van der Waals surface area contributed by atoms with E-state index in [9.17, 15) is 0 Å². The molecule has 0 spiro atoms. The van der Waals surface area contributed by atoms with Crippen LogP contribution in [0.5, 0.6) is 0 Å². The van der Waals surface area contributed by atoms with E-state index >= 15 is 0 Å². The fraction of sp³-hybridized carbons (Fsp3) is 1.00. The molecule has 0 aromatic heterocycles. The standard InChI is InChI=1S/C6H12N2O.2ClH/c1-5-2-8-4-6(9-5)3-7-1;;/h5-8H,1-4H2;2*1H. The summed E-state index contributed by atoms with van der Waals surface area (Å²) in [4.78, 5) is 0. The molecular formula is C6H14Cl2N2O. The van der Waals surface area contributed by atoms with E-state index in [1.807, 2.05) is 0 Å². The van der Waals surface area contributed by atoms with Crippen molar-refractivity contribution in [3.8, 4) is 0 Å². The second-order valence-corrected chi connectivity index (χ2v) is 2.70. The van der Waals surface area contributed by atoms with E-state index < -0.39 is 0 Å². The zero-order valence-corrected chi connectivity index (χ0v) is 7.84. The maximum atomic E-state index is 5.60. The van der Waals surface area contributed by atoms with Gasteiger partial charge in [0, 0.05) is 26.2 Å². The molecule has 2 aliphatic rings. The highest BCUT2D eigenvalue weighted by molar-refractivity contribution is 5.85. The lowest BCUT2D eigenvalue weighted by Gasteiger charge is -2.35. The van der Waals surface area contributed by atoms with Crippen LogP contribution < -0.4 is 10.6 Å². The minimum Gasteiger partial charge on any atom is -0.370 e. The zero-order valence-electron chi connectivity index (χ0n) is 6.21. The molecule has 0 aromatic carbocycles. The summed E-state index contributed by atoms with van der Waals surface area (Å²) in [6.07, 6.45) is 0.856. The van der Waals surface area contributed by atoms with Gasteiger partial charge in [0.2, 0.25) is 0 Å². The Morgan fingerprint density at radius 1 is 0.818 bits per heavy atom. The van der Waals surface area contributed by atoms with Gasteiger partial charge >= 0.3 is 0 Å². The minimum absolute atomic E-state index is 0. The van der Waals surface area contributed by atoms with Crippen molar-refractivity contribution in [1.82, 2.24) is 10.6 Å². The molecule has 68 valence electrons. The van der Waals surface area contributed by atoms with Gasteiger partial charge in [-0.2, -0.15) is 0 Å². The molecule has 0 saturated carbocycles. The lowest BCUT2D eigenvalue weighted by molar-refractivity contribution is -0.0585. The molecule has 2 heterocycles. The van der Waals surface area contributed by atoms with Gasteiger partial charge in [0.25, 0.3) is 0 Å². The molecule has 0 amide bonds. The van der Waals surface area contributed by atoms with Gasteiger partial charge in [0.15, 0.2) is 0 Å². The van der Waals surface area contributed by atoms with Crippen LogP contribution in [0, 0.1) is 0 Å². The van der Waals surface area contributed by atoms with Gasteiger partial charge < -0.3 is 15.4 Å². The van der Waals surface area contributed by atoms with Crippen molar-refractivity contribution in [3.63, 3.8) is 0 Å². The summed E-state index contributed by atoms with van der Waals surface area (Å²) < 4.78 is 5.60. The highest BCUT2D eigenvalue weighted by Gasteiger charge is 2.25. The maximum absolute atomic E-state index is 5.60. The molecule has 2 N–H and O–H groups in total. The monoisotopic (exact) mass is 200 g/mol. The van der Waals surface area contributed by atoms with Crippen molar-refractivity contribution in [2.45, 2.75) is 12.2 Å². The van der Waals surface area contributed by atoms with Crippen LogP contribution >= 0.6 is 24.8 Å². The van der Waals surface area contributed by atoms with Crippen LogP contribution in [0.4, 0.5) is 0 Å². The van der Waals surface area contributed by atoms with Crippen LogP contribution in [0.15, 0.2) is 0 Å². The third kappa shape index (κ3) is 2.76. The molecule has 0 unspecified atom stereocenters. The van der Waals surface area contributed by atoms with Crippen LogP contribution in [0.3, 0.4) is 0 Å². The summed E-state index contributed by atoms with van der Waals surface area (Å²) in [5.41, 5.74) is 0. The lowest BCUT2D eigenvalue weighted by atomic mass is 10.2. The highest BCUT2D eigenvalue weighted by Crippen LogP contribution is 2.05. The average molecular weight is 201 g/mol. The molecule has 2 fully saturated rings. The summed E-state index contributed by atoms with van der Waals surface area (Å²) in [7, 11) is 0. The number of morpholine rings is 2. The predicted octanol–water partition coefficient (Wildman–Crippen LogP) is -0.210. The van der Waals surface area contributed by atoms with Gasteiger partial charge in [-0.05, 0) is 0 Å². The molecular weight excluding hydrogens is 187 g/mol. The van der Waals surface area contributed by atoms with Gasteiger partial charge in [-0.15, -0.1) is 24.8 Å². The summed E-state index contributed by atoms with van der Waals surface area (Å²) in [5, 5.41) is 6.64. The first-order chi connectivity index (χ1) is 4.45. The number of hydrogen-bond donors (Lipinski definition) is 2. The van der Waals surface area contributed by atoms with Gasteiger partial charge in [-0.25, -0.2) is 0 Å². The Labute approximate surface area is 79.1 Å². The first kappa shape index (κ1) is 11.5. The molecule has 2 bridgehead atoms. The second-order valence-electron chi connectivity index (χ2n) is 2.70. The van der Waals surface area contributed by atoms with Crippen molar-refractivity contribution in [3.05, 3.63) is 0 Å². The van der Waals surface area contributed by atoms with E-state index in [-0.39, 0.29) is 24.8 Å². The Balaban J connectivity index is 0.000000500. The van der Waals surface area contributed by atoms with Crippen LogP contribution in [0.1, 0.15) is 0 Å². The van der Waals surface area contributed by atoms with E-state index in [0.29, 0.717) is 12.2 Å². The van der Waals surface area contributed by atoms with E-state index in [1.54, 1.807) is 0 Å². The second kappa shape index (κ2) is 5.17. The molecule has 2 aliphatic heterocycles. The predicted molar refractivity (Wildman–Crippen MR) is 48.9 cm³/mol. The summed E-state index contributed by atoms with van der Waals surface area (Å²) in [6.45, 7) is 4.07. The first-order valence-corrected chi connectivity index (χ1v) is 3.52. The Morgan fingerprint density at radius 3 is 1.45 bits per heavy atom. The summed E-state index contributed by atoms with van der Waals surface area (Å²) >= 11 is 0. The van der Waals surface area contributed by atoms with Gasteiger partial charge in [-0.1, -0.05) is 0 Å². The number of nitrogens with one attached hydrogen (secondary N) is 2. The zero-order chi connectivity index (χ0) is 6.10. The third-order valence-electron chi connectivity index (χ3n) is 1.87. The molecule has 11 heavy (non-hydrogen) atoms. The van der Waals surface area contributed by atoms with Gasteiger partial charge in [0.1, 0.15) is 0 Å². The molecule has 0 radical (unpaired) electrons. The number of fused-ring (bicyclic) bond motifs is 2. The minimum atomic E-state index is 0. The van der Waals surface area contributed by atoms with Crippen molar-refractivity contribution in [2.24, 2.45) is 0 Å². The fourth-order valence-corrected chi connectivity index (χ4v) is 1.42. The Hall–Kier alpha value is 0.460. The van der Waals surface area contributed by atoms with Crippen molar-refractivity contribution < 1.29 is 4.74 Å². The van der Waals surface area contributed by atoms with Crippen molar-refractivity contribution in [1.29, 1.82) is 0 Å². The molecule has 0 aromatic rings. The van der Waals surface area contributed by atoms with Crippen LogP contribution in [0.25, 0.3) is 0 Å². The normalized spacial score (nSPS) is 34.9. The molecule has 0 atom stereocenters. The SMILES string of the molecule is C1NCC2CNCC1O2.Cl.Cl. The number of halogens is 2. The largest absolute Gasteiger partial charge is 0.370 e. The molecule has 2 rings (SSSR count). The maximum Gasteiger partial charge on any atom is 0.0828 e. The summed E-state index contributed by atoms with van der Waals surface area (Å²) in [6, 6.07) is 0. The van der Waals surface area contributed by atoms with E-state index in [0.717, 1.165) is 26.2 Å². The van der Waals surface area contributed by atoms with Crippen LogP contribution in [-0.4, -0.2) is 38.4 Å². The highest BCUT2D eigenvalue weighted by atomic mass is 35.5. The van der Waals surface area contributed by atoms with Gasteiger partial charge in [-0.3, -0.25) is 0 Å². The molecule has 3 nitrogen and oxygen atoms in total. The van der Waals surface area contributed by atoms with Crippen LogP contribution in [-0.2, 0) is 4.74 Å². The summed E-state index contributed by atoms with van der Waals surface area (Å²) in [5.74, 6) is 0. The fourth-order valence-electron chi connectivity index (χ4n) is 1.42. The smallest absolute Gasteiger partial charge is 0.0828 e. The van der Waals surface area contributed by atoms with Crippen molar-refractivity contribution in [2.75, 3.05) is 26.2 Å². The topological polar surface area (TPSA) is 33.3 Å². The van der Waals surface area contributed by atoms with E-state index in [2.05, 4.69) is 10.6 Å². The number of rotatable bonds is 0. The molecule has 2 saturated heterocycles.